The van der Waals surface area contributed by atoms with Gasteiger partial charge in [-0.15, -0.1) is 0 Å². The van der Waals surface area contributed by atoms with Crippen molar-refractivity contribution in [1.29, 1.82) is 0 Å². The number of halogens is 4. The molecule has 4 rings (SSSR count). The van der Waals surface area contributed by atoms with Crippen LogP contribution in [0.15, 0.2) is 49.0 Å². The van der Waals surface area contributed by atoms with Crippen LogP contribution in [0.2, 0.25) is 0 Å². The number of likely N-dealkylation sites (N-methyl/N-ethyl adjacent to an activating group) is 1. The molecule has 1 aliphatic rings. The maximum absolute atomic E-state index is 14.5. The van der Waals surface area contributed by atoms with Crippen molar-refractivity contribution in [1.82, 2.24) is 15.1 Å². The third-order valence-electron chi connectivity index (χ3n) is 6.34. The Hall–Kier alpha value is -3.92. The van der Waals surface area contributed by atoms with Crippen LogP contribution in [-0.4, -0.2) is 54.2 Å². The standard InChI is InChI=1S/C27H27F4N5O/c1-4-23-20(16-17(2)24-21(27(29,30)31)6-5-7-22(24)28)25(34-33-23)32-26(37)18-8-10-19(11-9-18)36-14-12-35(3)13-15-36/h4-11,16H,1,12-15H2,2-3H3,(H2,32,33,34,37)/b17-16+. The van der Waals surface area contributed by atoms with E-state index in [4.69, 9.17) is 0 Å². The molecule has 0 atom stereocenters. The lowest BCUT2D eigenvalue weighted by molar-refractivity contribution is -0.138. The summed E-state index contributed by atoms with van der Waals surface area (Å²) >= 11 is 0. The molecule has 1 saturated heterocycles. The predicted octanol–water partition coefficient (Wildman–Crippen LogP) is 5.78. The zero-order chi connectivity index (χ0) is 26.7. The lowest BCUT2D eigenvalue weighted by Gasteiger charge is -2.34. The number of anilines is 2. The molecule has 0 aliphatic carbocycles. The highest BCUT2D eigenvalue weighted by atomic mass is 19.4. The quantitative estimate of drug-likeness (QED) is 0.411. The van der Waals surface area contributed by atoms with Crippen molar-refractivity contribution < 1.29 is 22.4 Å². The Bertz CT molecular complexity index is 1320. The highest BCUT2D eigenvalue weighted by Gasteiger charge is 2.35. The zero-order valence-electron chi connectivity index (χ0n) is 20.5. The molecule has 1 aliphatic heterocycles. The van der Waals surface area contributed by atoms with E-state index in [-0.39, 0.29) is 17.0 Å². The number of rotatable bonds is 6. The van der Waals surface area contributed by atoms with Gasteiger partial charge in [-0.2, -0.15) is 18.3 Å². The normalized spacial score (nSPS) is 15.1. The number of amides is 1. The summed E-state index contributed by atoms with van der Waals surface area (Å²) < 4.78 is 55.1. The van der Waals surface area contributed by atoms with Crippen LogP contribution in [0, 0.1) is 5.82 Å². The number of carbonyl (C=O) groups excluding carboxylic acids is 1. The minimum absolute atomic E-state index is 0.0157. The molecule has 1 aromatic heterocycles. The molecule has 0 spiro atoms. The topological polar surface area (TPSA) is 64.3 Å². The van der Waals surface area contributed by atoms with Gasteiger partial charge in [0.15, 0.2) is 5.82 Å². The van der Waals surface area contributed by atoms with E-state index >= 15 is 0 Å². The number of nitrogens with one attached hydrogen (secondary N) is 2. The number of carbonyl (C=O) groups is 1. The molecule has 0 bridgehead atoms. The summed E-state index contributed by atoms with van der Waals surface area (Å²) in [5.41, 5.74) is 0.418. The van der Waals surface area contributed by atoms with Gasteiger partial charge in [0.2, 0.25) is 0 Å². The molecule has 0 unspecified atom stereocenters. The summed E-state index contributed by atoms with van der Waals surface area (Å²) in [6.07, 6.45) is -1.98. The van der Waals surface area contributed by atoms with Gasteiger partial charge in [0.05, 0.1) is 11.3 Å². The molecule has 194 valence electrons. The van der Waals surface area contributed by atoms with E-state index in [0.29, 0.717) is 11.3 Å². The lowest BCUT2D eigenvalue weighted by atomic mass is 9.97. The van der Waals surface area contributed by atoms with Crippen LogP contribution >= 0.6 is 0 Å². The smallest absolute Gasteiger partial charge is 0.369 e. The number of nitrogens with zero attached hydrogens (tertiary/aromatic N) is 3. The number of hydrogen-bond donors (Lipinski definition) is 2. The number of alkyl halides is 3. The number of allylic oxidation sites excluding steroid dienone is 1. The van der Waals surface area contributed by atoms with Gasteiger partial charge >= 0.3 is 6.18 Å². The van der Waals surface area contributed by atoms with E-state index in [9.17, 15) is 22.4 Å². The third-order valence-corrected chi connectivity index (χ3v) is 6.34. The Kier molecular flexibility index (Phi) is 7.49. The SMILES string of the molecule is C=Cc1[nH]nc(NC(=O)c2ccc(N3CCN(C)CC3)cc2)c1/C=C(\C)c1c(F)cccc1C(F)(F)F. The highest BCUT2D eigenvalue weighted by Crippen LogP contribution is 2.37. The first-order chi connectivity index (χ1) is 17.6. The van der Waals surface area contributed by atoms with Gasteiger partial charge in [-0.25, -0.2) is 4.39 Å². The van der Waals surface area contributed by atoms with Gasteiger partial charge in [-0.05, 0) is 68.1 Å². The van der Waals surface area contributed by atoms with Crippen molar-refractivity contribution in [2.45, 2.75) is 13.1 Å². The molecule has 2 heterocycles. The van der Waals surface area contributed by atoms with Crippen LogP contribution in [0.5, 0.6) is 0 Å². The van der Waals surface area contributed by atoms with Crippen LogP contribution in [0.1, 0.15) is 39.7 Å². The van der Waals surface area contributed by atoms with Gasteiger partial charge in [0, 0.05) is 48.6 Å². The Morgan fingerprint density at radius 1 is 1.11 bits per heavy atom. The van der Waals surface area contributed by atoms with Crippen LogP contribution in [-0.2, 0) is 6.18 Å². The number of piperazine rings is 1. The summed E-state index contributed by atoms with van der Waals surface area (Å²) in [7, 11) is 2.08. The summed E-state index contributed by atoms with van der Waals surface area (Å²) in [5, 5.41) is 9.48. The summed E-state index contributed by atoms with van der Waals surface area (Å²) in [4.78, 5) is 17.4. The Morgan fingerprint density at radius 2 is 1.78 bits per heavy atom. The summed E-state index contributed by atoms with van der Waals surface area (Å²) in [6, 6.07) is 9.99. The van der Waals surface area contributed by atoms with Crippen molar-refractivity contribution in [3.63, 3.8) is 0 Å². The Balaban J connectivity index is 1.59. The van der Waals surface area contributed by atoms with Crippen molar-refractivity contribution in [2.24, 2.45) is 0 Å². The fourth-order valence-electron chi connectivity index (χ4n) is 4.28. The third kappa shape index (κ3) is 5.75. The highest BCUT2D eigenvalue weighted by molar-refractivity contribution is 6.05. The first kappa shape index (κ1) is 26.2. The first-order valence-electron chi connectivity index (χ1n) is 11.7. The number of aromatic nitrogens is 2. The molecular weight excluding hydrogens is 486 g/mol. The first-order valence-corrected chi connectivity index (χ1v) is 11.7. The molecule has 2 N–H and O–H groups in total. The van der Waals surface area contributed by atoms with Crippen LogP contribution in [0.4, 0.5) is 29.1 Å². The van der Waals surface area contributed by atoms with Gasteiger partial charge in [0.1, 0.15) is 5.82 Å². The van der Waals surface area contributed by atoms with Gasteiger partial charge in [-0.3, -0.25) is 9.89 Å². The molecule has 0 radical (unpaired) electrons. The number of hydrogen-bond acceptors (Lipinski definition) is 4. The molecular formula is C27H27F4N5O. The average molecular weight is 514 g/mol. The van der Waals surface area contributed by atoms with Crippen molar-refractivity contribution >= 4 is 35.1 Å². The van der Waals surface area contributed by atoms with E-state index < -0.39 is 29.0 Å². The van der Waals surface area contributed by atoms with Crippen molar-refractivity contribution in [3.8, 4) is 0 Å². The second-order valence-electron chi connectivity index (χ2n) is 8.88. The molecule has 3 aromatic rings. The van der Waals surface area contributed by atoms with E-state index in [1.54, 1.807) is 12.1 Å². The molecule has 10 heteroatoms. The van der Waals surface area contributed by atoms with Crippen LogP contribution in [0.25, 0.3) is 17.7 Å². The monoisotopic (exact) mass is 513 g/mol. The second kappa shape index (κ2) is 10.6. The van der Waals surface area contributed by atoms with Crippen molar-refractivity contribution in [3.05, 3.63) is 82.8 Å². The molecule has 6 nitrogen and oxygen atoms in total. The summed E-state index contributed by atoms with van der Waals surface area (Å²) in [5.74, 6) is -1.35. The lowest BCUT2D eigenvalue weighted by Crippen LogP contribution is -2.44. The summed E-state index contributed by atoms with van der Waals surface area (Å²) in [6.45, 7) is 8.76. The number of aromatic amines is 1. The Morgan fingerprint density at radius 3 is 2.41 bits per heavy atom. The predicted molar refractivity (Wildman–Crippen MR) is 138 cm³/mol. The van der Waals surface area contributed by atoms with Crippen LogP contribution < -0.4 is 10.2 Å². The minimum Gasteiger partial charge on any atom is -0.369 e. The van der Waals surface area contributed by atoms with Gasteiger partial charge < -0.3 is 15.1 Å². The van der Waals surface area contributed by atoms with E-state index in [1.165, 1.54) is 19.1 Å². The fourth-order valence-corrected chi connectivity index (χ4v) is 4.28. The molecule has 2 aromatic carbocycles. The van der Waals surface area contributed by atoms with Gasteiger partial charge in [-0.1, -0.05) is 12.6 Å². The maximum Gasteiger partial charge on any atom is 0.417 e. The minimum atomic E-state index is -4.74. The van der Waals surface area contributed by atoms with E-state index in [1.807, 2.05) is 12.1 Å². The molecule has 37 heavy (non-hydrogen) atoms. The van der Waals surface area contributed by atoms with E-state index in [0.717, 1.165) is 50.1 Å². The zero-order valence-corrected chi connectivity index (χ0v) is 20.5. The maximum atomic E-state index is 14.5. The Labute approximate surface area is 212 Å². The number of H-pyrrole nitrogens is 1. The van der Waals surface area contributed by atoms with Crippen LogP contribution in [0.3, 0.4) is 0 Å². The second-order valence-corrected chi connectivity index (χ2v) is 8.88. The molecule has 1 amide bonds. The fraction of sp³-hybridized carbons (Fsp3) is 0.259. The van der Waals surface area contributed by atoms with Gasteiger partial charge in [0.25, 0.3) is 5.91 Å². The van der Waals surface area contributed by atoms with Crippen molar-refractivity contribution in [2.75, 3.05) is 43.4 Å². The average Bonchev–Trinajstić information content (AvgIpc) is 3.24. The number of benzene rings is 2. The largest absolute Gasteiger partial charge is 0.417 e. The molecule has 1 fully saturated rings. The van der Waals surface area contributed by atoms with E-state index in [2.05, 4.69) is 38.9 Å². The molecule has 0 saturated carbocycles.